The van der Waals surface area contributed by atoms with E-state index < -0.39 is 5.97 Å². The number of anilines is 1. The fourth-order valence-electron chi connectivity index (χ4n) is 2.97. The Morgan fingerprint density at radius 3 is 2.52 bits per heavy atom. The van der Waals surface area contributed by atoms with Crippen LogP contribution in [0.15, 0.2) is 12.1 Å². The van der Waals surface area contributed by atoms with Crippen molar-refractivity contribution in [2.75, 3.05) is 5.32 Å². The van der Waals surface area contributed by atoms with E-state index in [0.717, 1.165) is 24.5 Å². The van der Waals surface area contributed by atoms with Crippen molar-refractivity contribution in [2.45, 2.75) is 64.8 Å². The number of pyridine rings is 1. The van der Waals surface area contributed by atoms with Crippen molar-refractivity contribution in [1.82, 2.24) is 4.98 Å². The number of nitrogens with one attached hydrogen (secondary N) is 1. The van der Waals surface area contributed by atoms with Gasteiger partial charge in [0.1, 0.15) is 5.82 Å². The van der Waals surface area contributed by atoms with E-state index in [1.165, 1.54) is 19.3 Å². The standard InChI is InChI=1S/C17H26N2O2/c1-4-12-5-7-14(8-6-12)18-16-10-13(17(20)21)9-15(19-16)11(2)3/h9-12,14H,4-8H2,1-3H3,(H,18,19)(H,20,21). The maximum absolute atomic E-state index is 11.2. The Hall–Kier alpha value is -1.58. The molecule has 4 nitrogen and oxygen atoms in total. The predicted octanol–water partition coefficient (Wildman–Crippen LogP) is 4.28. The second kappa shape index (κ2) is 6.92. The van der Waals surface area contributed by atoms with Gasteiger partial charge in [-0.25, -0.2) is 9.78 Å². The van der Waals surface area contributed by atoms with E-state index in [9.17, 15) is 9.90 Å². The lowest BCUT2D eigenvalue weighted by Gasteiger charge is -2.29. The van der Waals surface area contributed by atoms with Gasteiger partial charge in [0.25, 0.3) is 0 Å². The summed E-state index contributed by atoms with van der Waals surface area (Å²) in [6.07, 6.45) is 6.06. The number of hydrogen-bond acceptors (Lipinski definition) is 3. The van der Waals surface area contributed by atoms with Crippen molar-refractivity contribution >= 4 is 11.8 Å². The highest BCUT2D eigenvalue weighted by atomic mass is 16.4. The molecule has 0 spiro atoms. The highest BCUT2D eigenvalue weighted by Crippen LogP contribution is 2.28. The van der Waals surface area contributed by atoms with Gasteiger partial charge in [-0.15, -0.1) is 0 Å². The molecular formula is C17H26N2O2. The topological polar surface area (TPSA) is 62.2 Å². The van der Waals surface area contributed by atoms with Crippen LogP contribution >= 0.6 is 0 Å². The van der Waals surface area contributed by atoms with Gasteiger partial charge in [0.2, 0.25) is 0 Å². The maximum Gasteiger partial charge on any atom is 0.335 e. The summed E-state index contributed by atoms with van der Waals surface area (Å²) in [6.45, 7) is 6.32. The molecular weight excluding hydrogens is 264 g/mol. The number of carboxylic acids is 1. The third-order valence-corrected chi connectivity index (χ3v) is 4.46. The SMILES string of the molecule is CCC1CCC(Nc2cc(C(=O)O)cc(C(C)C)n2)CC1. The van der Waals surface area contributed by atoms with E-state index in [-0.39, 0.29) is 5.92 Å². The number of rotatable bonds is 5. The molecule has 0 saturated heterocycles. The van der Waals surface area contributed by atoms with Gasteiger partial charge in [-0.05, 0) is 49.7 Å². The van der Waals surface area contributed by atoms with Crippen LogP contribution in [0.3, 0.4) is 0 Å². The minimum absolute atomic E-state index is 0.223. The molecule has 1 aromatic rings. The van der Waals surface area contributed by atoms with Crippen LogP contribution < -0.4 is 5.32 Å². The van der Waals surface area contributed by atoms with Crippen molar-refractivity contribution < 1.29 is 9.90 Å². The highest BCUT2D eigenvalue weighted by molar-refractivity contribution is 5.88. The normalized spacial score (nSPS) is 22.3. The molecule has 0 unspecified atom stereocenters. The maximum atomic E-state index is 11.2. The lowest BCUT2D eigenvalue weighted by molar-refractivity contribution is 0.0696. The van der Waals surface area contributed by atoms with Crippen LogP contribution in [0.5, 0.6) is 0 Å². The summed E-state index contributed by atoms with van der Waals surface area (Å²) in [5.74, 6) is 0.892. The molecule has 116 valence electrons. The van der Waals surface area contributed by atoms with E-state index in [2.05, 4.69) is 17.2 Å². The molecule has 1 fully saturated rings. The van der Waals surface area contributed by atoms with E-state index in [0.29, 0.717) is 17.4 Å². The Bertz CT molecular complexity index is 492. The van der Waals surface area contributed by atoms with Gasteiger partial charge in [-0.1, -0.05) is 27.2 Å². The lowest BCUT2D eigenvalue weighted by atomic mass is 9.84. The van der Waals surface area contributed by atoms with Gasteiger partial charge in [-0.3, -0.25) is 0 Å². The third kappa shape index (κ3) is 4.19. The molecule has 1 saturated carbocycles. The van der Waals surface area contributed by atoms with Crippen LogP contribution in [0, 0.1) is 5.92 Å². The number of nitrogens with zero attached hydrogens (tertiary/aromatic N) is 1. The van der Waals surface area contributed by atoms with Crippen LogP contribution in [0.1, 0.15) is 74.8 Å². The highest BCUT2D eigenvalue weighted by Gasteiger charge is 2.20. The number of carboxylic acid groups (broad SMARTS) is 1. The summed E-state index contributed by atoms with van der Waals surface area (Å²) in [5.41, 5.74) is 1.15. The first-order valence-electron chi connectivity index (χ1n) is 8.01. The fourth-order valence-corrected chi connectivity index (χ4v) is 2.97. The Kier molecular flexibility index (Phi) is 5.21. The molecule has 21 heavy (non-hydrogen) atoms. The lowest BCUT2D eigenvalue weighted by Crippen LogP contribution is -2.26. The number of aromatic carboxylic acids is 1. The second-order valence-electron chi connectivity index (χ2n) is 6.40. The summed E-state index contributed by atoms with van der Waals surface area (Å²) < 4.78 is 0. The van der Waals surface area contributed by atoms with E-state index in [1.54, 1.807) is 12.1 Å². The summed E-state index contributed by atoms with van der Waals surface area (Å²) in [7, 11) is 0. The van der Waals surface area contributed by atoms with E-state index in [4.69, 9.17) is 0 Å². The second-order valence-corrected chi connectivity index (χ2v) is 6.40. The summed E-state index contributed by atoms with van der Waals surface area (Å²) in [5, 5.41) is 12.7. The molecule has 0 aliphatic heterocycles. The first-order valence-corrected chi connectivity index (χ1v) is 8.01. The monoisotopic (exact) mass is 290 g/mol. The molecule has 1 aliphatic carbocycles. The van der Waals surface area contributed by atoms with Crippen LogP contribution in [0.4, 0.5) is 5.82 Å². The van der Waals surface area contributed by atoms with Gasteiger partial charge in [-0.2, -0.15) is 0 Å². The van der Waals surface area contributed by atoms with Gasteiger partial charge >= 0.3 is 5.97 Å². The zero-order chi connectivity index (χ0) is 15.4. The van der Waals surface area contributed by atoms with Gasteiger partial charge in [0.05, 0.1) is 5.56 Å². The molecule has 0 bridgehead atoms. The molecule has 2 rings (SSSR count). The third-order valence-electron chi connectivity index (χ3n) is 4.46. The molecule has 1 aliphatic rings. The van der Waals surface area contributed by atoms with Gasteiger partial charge in [0.15, 0.2) is 0 Å². The van der Waals surface area contributed by atoms with Crippen LogP contribution in [0.2, 0.25) is 0 Å². The van der Waals surface area contributed by atoms with Crippen LogP contribution in [0.25, 0.3) is 0 Å². The Balaban J connectivity index is 2.10. The first-order chi connectivity index (χ1) is 9.99. The molecule has 0 atom stereocenters. The van der Waals surface area contributed by atoms with Gasteiger partial charge in [0, 0.05) is 11.7 Å². The number of carbonyl (C=O) groups is 1. The van der Waals surface area contributed by atoms with Gasteiger partial charge < -0.3 is 10.4 Å². The average Bonchev–Trinajstić information content (AvgIpc) is 2.47. The molecule has 0 amide bonds. The molecule has 2 N–H and O–H groups in total. The zero-order valence-corrected chi connectivity index (χ0v) is 13.2. The van der Waals surface area contributed by atoms with Crippen molar-refractivity contribution in [3.63, 3.8) is 0 Å². The Labute approximate surface area is 127 Å². The molecule has 0 aromatic carbocycles. The Morgan fingerprint density at radius 2 is 2.00 bits per heavy atom. The summed E-state index contributed by atoms with van der Waals surface area (Å²) >= 11 is 0. The first kappa shape index (κ1) is 15.8. The van der Waals surface area contributed by atoms with Crippen LogP contribution in [-0.2, 0) is 0 Å². The smallest absolute Gasteiger partial charge is 0.335 e. The van der Waals surface area contributed by atoms with Crippen molar-refractivity contribution in [3.8, 4) is 0 Å². The zero-order valence-electron chi connectivity index (χ0n) is 13.2. The van der Waals surface area contributed by atoms with Crippen molar-refractivity contribution in [2.24, 2.45) is 5.92 Å². The molecule has 1 heterocycles. The molecule has 4 heteroatoms. The number of hydrogen-bond donors (Lipinski definition) is 2. The Morgan fingerprint density at radius 1 is 1.33 bits per heavy atom. The van der Waals surface area contributed by atoms with Crippen LogP contribution in [-0.4, -0.2) is 22.1 Å². The van der Waals surface area contributed by atoms with Crippen molar-refractivity contribution in [3.05, 3.63) is 23.4 Å². The fraction of sp³-hybridized carbons (Fsp3) is 0.647. The van der Waals surface area contributed by atoms with E-state index >= 15 is 0 Å². The summed E-state index contributed by atoms with van der Waals surface area (Å²) in [4.78, 5) is 15.8. The predicted molar refractivity (Wildman–Crippen MR) is 84.9 cm³/mol. The largest absolute Gasteiger partial charge is 0.478 e. The molecule has 1 aromatic heterocycles. The average molecular weight is 290 g/mol. The van der Waals surface area contributed by atoms with Crippen molar-refractivity contribution in [1.29, 1.82) is 0 Å². The minimum atomic E-state index is -0.892. The summed E-state index contributed by atoms with van der Waals surface area (Å²) in [6, 6.07) is 3.75. The minimum Gasteiger partial charge on any atom is -0.478 e. The number of aromatic nitrogens is 1. The quantitative estimate of drug-likeness (QED) is 0.849. The molecule has 0 radical (unpaired) electrons. The van der Waals surface area contributed by atoms with E-state index in [1.807, 2.05) is 13.8 Å².